The van der Waals surface area contributed by atoms with Crippen molar-refractivity contribution < 1.29 is 32.1 Å². The number of hydrogen-bond donors (Lipinski definition) is 2. The Balaban J connectivity index is 1.82. The summed E-state index contributed by atoms with van der Waals surface area (Å²) in [6.45, 7) is 4.77. The van der Waals surface area contributed by atoms with E-state index >= 15 is 0 Å². The van der Waals surface area contributed by atoms with Crippen LogP contribution in [0, 0.1) is 6.92 Å². The third-order valence-corrected chi connectivity index (χ3v) is 6.18. The molecule has 0 unspecified atom stereocenters. The summed E-state index contributed by atoms with van der Waals surface area (Å²) in [6.07, 6.45) is 0. The summed E-state index contributed by atoms with van der Waals surface area (Å²) in [5, 5.41) is 8.30. The van der Waals surface area contributed by atoms with Gasteiger partial charge in [0.25, 0.3) is 11.8 Å². The molecule has 0 aliphatic carbocycles. The van der Waals surface area contributed by atoms with Crippen LogP contribution in [0.3, 0.4) is 0 Å². The van der Waals surface area contributed by atoms with Crippen LogP contribution in [0.4, 0.5) is 5.82 Å². The molecule has 0 radical (unpaired) electrons. The fourth-order valence-corrected chi connectivity index (χ4v) is 4.00. The van der Waals surface area contributed by atoms with E-state index < -0.39 is 41.0 Å². The Bertz CT molecular complexity index is 1030. The number of nitrogens with one attached hydrogen (secondary N) is 2. The highest BCUT2D eigenvalue weighted by atomic mass is 32.2. The lowest BCUT2D eigenvalue weighted by molar-refractivity contribution is -0.146. The number of rotatable bonds is 10. The Kier molecular flexibility index (Phi) is 8.28. The second kappa shape index (κ2) is 10.7. The fraction of sp³-hybridized carbons (Fsp3) is 0.368. The summed E-state index contributed by atoms with van der Waals surface area (Å²) < 4.78 is 35.8. The highest BCUT2D eigenvalue weighted by Gasteiger charge is 2.21. The Morgan fingerprint density at radius 2 is 1.77 bits per heavy atom. The minimum atomic E-state index is -3.63. The van der Waals surface area contributed by atoms with Crippen molar-refractivity contribution in [3.63, 3.8) is 0 Å². The van der Waals surface area contributed by atoms with Gasteiger partial charge in [0, 0.05) is 24.7 Å². The number of esters is 1. The van der Waals surface area contributed by atoms with Crippen LogP contribution in [0.5, 0.6) is 0 Å². The van der Waals surface area contributed by atoms with E-state index in [1.54, 1.807) is 20.8 Å². The number of amides is 2. The lowest BCUT2D eigenvalue weighted by Crippen LogP contribution is -2.32. The highest BCUT2D eigenvalue weighted by Crippen LogP contribution is 2.16. The van der Waals surface area contributed by atoms with Gasteiger partial charge in [-0.3, -0.25) is 14.4 Å². The lowest BCUT2D eigenvalue weighted by Gasteiger charge is -2.18. The number of nitrogens with zero attached hydrogens (tertiary/aromatic N) is 2. The minimum absolute atomic E-state index is 0.0699. The molecule has 0 aliphatic rings. The first-order valence-electron chi connectivity index (χ1n) is 9.44. The standard InChI is InChI=1S/C19H24N4O7S/c1-4-23(5-2)31(27,28)15-8-6-14(7-9-15)19(26)20-11-18(25)29-12-17(24)21-16-10-13(3)30-22-16/h6-10H,4-5,11-12H2,1-3H3,(H,20,26)(H,21,22,24). The third kappa shape index (κ3) is 6.62. The van der Waals surface area contributed by atoms with Crippen LogP contribution in [0.25, 0.3) is 0 Å². The number of ether oxygens (including phenoxy) is 1. The Hall–Kier alpha value is -3.25. The van der Waals surface area contributed by atoms with Crippen LogP contribution >= 0.6 is 0 Å². The summed E-state index contributed by atoms with van der Waals surface area (Å²) in [4.78, 5) is 35.6. The second-order valence-electron chi connectivity index (χ2n) is 6.33. The summed E-state index contributed by atoms with van der Waals surface area (Å²) in [5.74, 6) is -1.32. The van der Waals surface area contributed by atoms with Crippen molar-refractivity contribution in [3.8, 4) is 0 Å². The predicted octanol–water partition coefficient (Wildman–Crippen LogP) is 0.925. The second-order valence-corrected chi connectivity index (χ2v) is 8.27. The van der Waals surface area contributed by atoms with Crippen LogP contribution in [-0.4, -0.2) is 61.9 Å². The maximum atomic E-state index is 12.5. The maximum Gasteiger partial charge on any atom is 0.325 e. The minimum Gasteiger partial charge on any atom is -0.454 e. The van der Waals surface area contributed by atoms with Crippen LogP contribution in [0.15, 0.2) is 39.8 Å². The monoisotopic (exact) mass is 452 g/mol. The van der Waals surface area contributed by atoms with Gasteiger partial charge >= 0.3 is 5.97 Å². The number of carbonyl (C=O) groups excluding carboxylic acids is 3. The van der Waals surface area contributed by atoms with E-state index in [0.717, 1.165) is 0 Å². The molecular weight excluding hydrogens is 428 g/mol. The number of aromatic nitrogens is 1. The van der Waals surface area contributed by atoms with Crippen LogP contribution in [0.2, 0.25) is 0 Å². The molecule has 0 aliphatic heterocycles. The first kappa shape index (κ1) is 24.0. The van der Waals surface area contributed by atoms with E-state index in [-0.39, 0.29) is 16.3 Å². The van der Waals surface area contributed by atoms with Gasteiger partial charge in [0.1, 0.15) is 12.3 Å². The molecule has 1 heterocycles. The van der Waals surface area contributed by atoms with Gasteiger partial charge in [0.15, 0.2) is 12.4 Å². The Labute approximate surface area is 179 Å². The van der Waals surface area contributed by atoms with Crippen LogP contribution < -0.4 is 10.6 Å². The zero-order valence-corrected chi connectivity index (χ0v) is 18.2. The van der Waals surface area contributed by atoms with Gasteiger partial charge in [-0.2, -0.15) is 4.31 Å². The van der Waals surface area contributed by atoms with Gasteiger partial charge in [-0.25, -0.2) is 8.42 Å². The molecule has 0 spiro atoms. The topological polar surface area (TPSA) is 148 Å². The van der Waals surface area contributed by atoms with Gasteiger partial charge in [-0.05, 0) is 31.2 Å². The zero-order valence-electron chi connectivity index (χ0n) is 17.4. The first-order chi connectivity index (χ1) is 14.7. The van der Waals surface area contributed by atoms with Gasteiger partial charge < -0.3 is 19.9 Å². The predicted molar refractivity (Wildman–Crippen MR) is 110 cm³/mol. The molecule has 1 aromatic heterocycles. The SMILES string of the molecule is CCN(CC)S(=O)(=O)c1ccc(C(=O)NCC(=O)OCC(=O)Nc2cc(C)on2)cc1. The Morgan fingerprint density at radius 1 is 1.13 bits per heavy atom. The van der Waals surface area contributed by atoms with Crippen molar-refractivity contribution in [1.29, 1.82) is 0 Å². The number of anilines is 1. The molecule has 0 saturated carbocycles. The molecule has 2 rings (SSSR count). The van der Waals surface area contributed by atoms with E-state index in [0.29, 0.717) is 18.8 Å². The molecule has 0 saturated heterocycles. The quantitative estimate of drug-likeness (QED) is 0.506. The average molecular weight is 452 g/mol. The van der Waals surface area contributed by atoms with Crippen molar-refractivity contribution in [2.45, 2.75) is 25.7 Å². The van der Waals surface area contributed by atoms with Crippen LogP contribution in [0.1, 0.15) is 30.0 Å². The molecule has 0 fully saturated rings. The smallest absolute Gasteiger partial charge is 0.325 e. The number of sulfonamides is 1. The van der Waals surface area contributed by atoms with Gasteiger partial charge in [0.2, 0.25) is 10.0 Å². The first-order valence-corrected chi connectivity index (χ1v) is 10.9. The summed E-state index contributed by atoms with van der Waals surface area (Å²) in [7, 11) is -3.63. The average Bonchev–Trinajstić information content (AvgIpc) is 3.15. The van der Waals surface area contributed by atoms with E-state index in [2.05, 4.69) is 15.8 Å². The van der Waals surface area contributed by atoms with Gasteiger partial charge in [0.05, 0.1) is 4.90 Å². The molecule has 2 N–H and O–H groups in total. The molecule has 11 nitrogen and oxygen atoms in total. The molecule has 0 bridgehead atoms. The molecule has 168 valence electrons. The maximum absolute atomic E-state index is 12.5. The molecule has 0 atom stereocenters. The largest absolute Gasteiger partial charge is 0.454 e. The van der Waals surface area contributed by atoms with E-state index in [1.165, 1.54) is 34.6 Å². The molecule has 1 aromatic carbocycles. The number of hydrogen-bond acceptors (Lipinski definition) is 8. The number of aryl methyl sites for hydroxylation is 1. The van der Waals surface area contributed by atoms with Crippen molar-refractivity contribution in [3.05, 3.63) is 41.7 Å². The number of carbonyl (C=O) groups is 3. The third-order valence-electron chi connectivity index (χ3n) is 4.11. The van der Waals surface area contributed by atoms with Gasteiger partial charge in [-0.1, -0.05) is 19.0 Å². The van der Waals surface area contributed by atoms with Gasteiger partial charge in [-0.15, -0.1) is 0 Å². The van der Waals surface area contributed by atoms with Crippen molar-refractivity contribution >= 4 is 33.6 Å². The Morgan fingerprint density at radius 3 is 2.32 bits per heavy atom. The molecule has 2 amide bonds. The van der Waals surface area contributed by atoms with Crippen molar-refractivity contribution in [2.24, 2.45) is 0 Å². The van der Waals surface area contributed by atoms with E-state index in [9.17, 15) is 22.8 Å². The molecule has 2 aromatic rings. The van der Waals surface area contributed by atoms with Crippen molar-refractivity contribution in [2.75, 3.05) is 31.6 Å². The summed E-state index contributed by atoms with van der Waals surface area (Å²) >= 11 is 0. The molecule has 31 heavy (non-hydrogen) atoms. The summed E-state index contributed by atoms with van der Waals surface area (Å²) in [5.41, 5.74) is 0.172. The van der Waals surface area contributed by atoms with E-state index in [1.807, 2.05) is 0 Å². The zero-order chi connectivity index (χ0) is 23.0. The molecular formula is C19H24N4O7S. The lowest BCUT2D eigenvalue weighted by atomic mass is 10.2. The number of benzene rings is 1. The fourth-order valence-electron chi connectivity index (χ4n) is 2.55. The van der Waals surface area contributed by atoms with Crippen LogP contribution in [-0.2, 0) is 24.3 Å². The highest BCUT2D eigenvalue weighted by molar-refractivity contribution is 7.89. The summed E-state index contributed by atoms with van der Waals surface area (Å²) in [6, 6.07) is 6.86. The molecule has 12 heteroatoms. The van der Waals surface area contributed by atoms with E-state index in [4.69, 9.17) is 9.26 Å². The normalized spacial score (nSPS) is 11.2. The van der Waals surface area contributed by atoms with Crippen molar-refractivity contribution in [1.82, 2.24) is 14.8 Å².